The summed E-state index contributed by atoms with van der Waals surface area (Å²) in [6.45, 7) is 1.31. The van der Waals surface area contributed by atoms with Gasteiger partial charge in [-0.1, -0.05) is 11.6 Å². The van der Waals surface area contributed by atoms with Crippen LogP contribution in [0, 0.1) is 0 Å². The maximum atomic E-state index is 12.1. The van der Waals surface area contributed by atoms with E-state index < -0.39 is 0 Å². The van der Waals surface area contributed by atoms with Crippen LogP contribution in [0.3, 0.4) is 0 Å². The number of nitrogen functional groups attached to an aromatic ring is 1. The molecule has 0 saturated carbocycles. The van der Waals surface area contributed by atoms with E-state index in [0.29, 0.717) is 23.7 Å². The zero-order chi connectivity index (χ0) is 14.5. The predicted octanol–water partition coefficient (Wildman–Crippen LogP) is 2.84. The van der Waals surface area contributed by atoms with E-state index in [4.69, 9.17) is 22.1 Å². The highest BCUT2D eigenvalue weighted by atomic mass is 35.5. The highest BCUT2D eigenvalue weighted by molar-refractivity contribution is 6.31. The van der Waals surface area contributed by atoms with Crippen LogP contribution in [-0.4, -0.2) is 30.6 Å². The SMILES string of the molecule is CN(Cc1cc(N)ccc1Cl)C(=O)CCC1CCCO1. The van der Waals surface area contributed by atoms with E-state index >= 15 is 0 Å². The van der Waals surface area contributed by atoms with Gasteiger partial charge in [0, 0.05) is 37.3 Å². The molecule has 4 nitrogen and oxygen atoms in total. The van der Waals surface area contributed by atoms with Crippen LogP contribution in [-0.2, 0) is 16.1 Å². The predicted molar refractivity (Wildman–Crippen MR) is 80.5 cm³/mol. The van der Waals surface area contributed by atoms with Crippen LogP contribution in [0.4, 0.5) is 5.69 Å². The van der Waals surface area contributed by atoms with Crippen molar-refractivity contribution in [2.24, 2.45) is 0 Å². The Hall–Kier alpha value is -1.26. The third kappa shape index (κ3) is 4.12. The monoisotopic (exact) mass is 296 g/mol. The van der Waals surface area contributed by atoms with Gasteiger partial charge in [-0.3, -0.25) is 4.79 Å². The molecular formula is C15H21ClN2O2. The number of carbonyl (C=O) groups is 1. The zero-order valence-corrected chi connectivity index (χ0v) is 12.5. The number of rotatable bonds is 5. The van der Waals surface area contributed by atoms with Crippen molar-refractivity contribution in [2.45, 2.75) is 38.3 Å². The Balaban J connectivity index is 1.85. The largest absolute Gasteiger partial charge is 0.399 e. The molecule has 0 radical (unpaired) electrons. The summed E-state index contributed by atoms with van der Waals surface area (Å²) in [4.78, 5) is 13.8. The molecule has 1 aliphatic heterocycles. The van der Waals surface area contributed by atoms with E-state index in [2.05, 4.69) is 0 Å². The molecule has 1 heterocycles. The van der Waals surface area contributed by atoms with Gasteiger partial charge in [0.25, 0.3) is 0 Å². The summed E-state index contributed by atoms with van der Waals surface area (Å²) in [5.74, 6) is 0.110. The average Bonchev–Trinajstić information content (AvgIpc) is 2.93. The minimum atomic E-state index is 0.110. The van der Waals surface area contributed by atoms with Crippen molar-refractivity contribution in [3.05, 3.63) is 28.8 Å². The van der Waals surface area contributed by atoms with Crippen molar-refractivity contribution in [1.29, 1.82) is 0 Å². The van der Waals surface area contributed by atoms with Gasteiger partial charge in [-0.15, -0.1) is 0 Å². The summed E-state index contributed by atoms with van der Waals surface area (Å²) in [6, 6.07) is 5.33. The van der Waals surface area contributed by atoms with E-state index in [0.717, 1.165) is 31.4 Å². The van der Waals surface area contributed by atoms with Gasteiger partial charge in [0.05, 0.1) is 6.10 Å². The van der Waals surface area contributed by atoms with Gasteiger partial charge in [-0.25, -0.2) is 0 Å². The van der Waals surface area contributed by atoms with Gasteiger partial charge in [0.15, 0.2) is 0 Å². The molecule has 110 valence electrons. The Labute approximate surface area is 124 Å². The van der Waals surface area contributed by atoms with Gasteiger partial charge in [0.1, 0.15) is 0 Å². The fraction of sp³-hybridized carbons (Fsp3) is 0.533. The van der Waals surface area contributed by atoms with Crippen LogP contribution in [0.2, 0.25) is 5.02 Å². The molecule has 1 amide bonds. The Bertz CT molecular complexity index is 473. The van der Waals surface area contributed by atoms with Crippen LogP contribution in [0.25, 0.3) is 0 Å². The first kappa shape index (κ1) is 15.1. The summed E-state index contributed by atoms with van der Waals surface area (Å²) >= 11 is 6.11. The summed E-state index contributed by atoms with van der Waals surface area (Å²) in [7, 11) is 1.79. The molecule has 0 aliphatic carbocycles. The van der Waals surface area contributed by atoms with E-state index in [1.807, 2.05) is 6.07 Å². The number of amides is 1. The summed E-state index contributed by atoms with van der Waals surface area (Å²) in [5, 5.41) is 0.637. The van der Waals surface area contributed by atoms with Crippen LogP contribution in [0.15, 0.2) is 18.2 Å². The topological polar surface area (TPSA) is 55.6 Å². The lowest BCUT2D eigenvalue weighted by Gasteiger charge is -2.19. The molecule has 5 heteroatoms. The number of carbonyl (C=O) groups excluding carboxylic acids is 1. The molecule has 0 spiro atoms. The highest BCUT2D eigenvalue weighted by Gasteiger charge is 2.18. The quantitative estimate of drug-likeness (QED) is 0.850. The maximum Gasteiger partial charge on any atom is 0.222 e. The molecular weight excluding hydrogens is 276 g/mol. The van der Waals surface area contributed by atoms with Crippen molar-refractivity contribution in [2.75, 3.05) is 19.4 Å². The standard InChI is InChI=1S/C15H21ClN2O2/c1-18(10-11-9-12(17)4-6-14(11)16)15(19)7-5-13-3-2-8-20-13/h4,6,9,13H,2-3,5,7-8,10,17H2,1H3. The molecule has 2 N–H and O–H groups in total. The second kappa shape index (κ2) is 6.95. The normalized spacial score (nSPS) is 18.2. The number of ether oxygens (including phenoxy) is 1. The smallest absolute Gasteiger partial charge is 0.222 e. The number of hydrogen-bond donors (Lipinski definition) is 1. The molecule has 2 rings (SSSR count). The fourth-order valence-electron chi connectivity index (χ4n) is 2.41. The summed E-state index contributed by atoms with van der Waals surface area (Å²) < 4.78 is 5.53. The van der Waals surface area contributed by atoms with E-state index in [1.54, 1.807) is 24.1 Å². The minimum Gasteiger partial charge on any atom is -0.399 e. The maximum absolute atomic E-state index is 12.1. The second-order valence-electron chi connectivity index (χ2n) is 5.27. The average molecular weight is 297 g/mol. The van der Waals surface area contributed by atoms with Crippen LogP contribution in [0.5, 0.6) is 0 Å². The van der Waals surface area contributed by atoms with Gasteiger partial charge >= 0.3 is 0 Å². The van der Waals surface area contributed by atoms with Gasteiger partial charge in [-0.2, -0.15) is 0 Å². The van der Waals surface area contributed by atoms with E-state index in [-0.39, 0.29) is 12.0 Å². The molecule has 1 aromatic rings. The number of hydrogen-bond acceptors (Lipinski definition) is 3. The van der Waals surface area contributed by atoms with Crippen molar-refractivity contribution < 1.29 is 9.53 Å². The Morgan fingerprint density at radius 1 is 1.55 bits per heavy atom. The van der Waals surface area contributed by atoms with Gasteiger partial charge in [0.2, 0.25) is 5.91 Å². The Kier molecular flexibility index (Phi) is 5.26. The molecule has 1 fully saturated rings. The molecule has 0 bridgehead atoms. The number of nitrogens with two attached hydrogens (primary N) is 1. The van der Waals surface area contributed by atoms with Crippen molar-refractivity contribution in [1.82, 2.24) is 4.90 Å². The molecule has 1 aromatic carbocycles. The number of halogens is 1. The van der Waals surface area contributed by atoms with Crippen LogP contribution < -0.4 is 5.73 Å². The third-order valence-electron chi connectivity index (χ3n) is 3.61. The lowest BCUT2D eigenvalue weighted by atomic mass is 10.1. The Morgan fingerprint density at radius 3 is 3.05 bits per heavy atom. The third-order valence-corrected chi connectivity index (χ3v) is 3.98. The molecule has 1 saturated heterocycles. The highest BCUT2D eigenvalue weighted by Crippen LogP contribution is 2.21. The first-order valence-electron chi connectivity index (χ1n) is 6.95. The van der Waals surface area contributed by atoms with Gasteiger partial charge in [-0.05, 0) is 43.0 Å². The minimum absolute atomic E-state index is 0.110. The molecule has 1 unspecified atom stereocenters. The van der Waals surface area contributed by atoms with Gasteiger partial charge < -0.3 is 15.4 Å². The Morgan fingerprint density at radius 2 is 2.35 bits per heavy atom. The van der Waals surface area contributed by atoms with E-state index in [9.17, 15) is 4.79 Å². The fourth-order valence-corrected chi connectivity index (χ4v) is 2.58. The molecule has 1 aliphatic rings. The van der Waals surface area contributed by atoms with Crippen molar-refractivity contribution in [3.8, 4) is 0 Å². The van der Waals surface area contributed by atoms with Crippen LogP contribution >= 0.6 is 11.6 Å². The number of benzene rings is 1. The van der Waals surface area contributed by atoms with E-state index in [1.165, 1.54) is 0 Å². The summed E-state index contributed by atoms with van der Waals surface area (Å²) in [6.07, 6.45) is 3.74. The summed E-state index contributed by atoms with van der Waals surface area (Å²) in [5.41, 5.74) is 7.27. The molecule has 0 aromatic heterocycles. The van der Waals surface area contributed by atoms with Crippen LogP contribution in [0.1, 0.15) is 31.2 Å². The first-order chi connectivity index (χ1) is 9.56. The lowest BCUT2D eigenvalue weighted by molar-refractivity contribution is -0.131. The number of nitrogens with zero attached hydrogens (tertiary/aromatic N) is 1. The molecule has 1 atom stereocenters. The molecule has 20 heavy (non-hydrogen) atoms. The van der Waals surface area contributed by atoms with Crippen molar-refractivity contribution >= 4 is 23.2 Å². The second-order valence-corrected chi connectivity index (χ2v) is 5.68. The first-order valence-corrected chi connectivity index (χ1v) is 7.33. The number of anilines is 1. The zero-order valence-electron chi connectivity index (χ0n) is 11.8. The lowest BCUT2D eigenvalue weighted by Crippen LogP contribution is -2.27. The van der Waals surface area contributed by atoms with Crippen molar-refractivity contribution in [3.63, 3.8) is 0 Å².